The highest BCUT2D eigenvalue weighted by Gasteiger charge is 2.19. The lowest BCUT2D eigenvalue weighted by Gasteiger charge is -2.36. The van der Waals surface area contributed by atoms with E-state index < -0.39 is 0 Å². The predicted molar refractivity (Wildman–Crippen MR) is 102 cm³/mol. The zero-order chi connectivity index (χ0) is 16.8. The summed E-state index contributed by atoms with van der Waals surface area (Å²) in [4.78, 5) is 8.90. The fraction of sp³-hybridized carbons (Fsp3) is 0.333. The van der Waals surface area contributed by atoms with E-state index in [-0.39, 0.29) is 0 Å². The van der Waals surface area contributed by atoms with Crippen molar-refractivity contribution in [3.05, 3.63) is 48.7 Å². The van der Waals surface area contributed by atoms with Crippen LogP contribution in [0.25, 0.3) is 0 Å². The maximum atomic E-state index is 5.54. The van der Waals surface area contributed by atoms with E-state index in [4.69, 9.17) is 17.0 Å². The average Bonchev–Trinajstić information content (AvgIpc) is 2.64. The number of hydrogen-bond acceptors (Lipinski definition) is 4. The number of ether oxygens (including phenoxy) is 1. The number of thiocarbonyl (C=S) groups is 1. The molecule has 0 unspecified atom stereocenters. The van der Waals surface area contributed by atoms with Crippen LogP contribution in [-0.2, 0) is 0 Å². The van der Waals surface area contributed by atoms with Crippen molar-refractivity contribution < 1.29 is 4.74 Å². The Labute approximate surface area is 148 Å². The fourth-order valence-corrected chi connectivity index (χ4v) is 2.98. The van der Waals surface area contributed by atoms with Crippen molar-refractivity contribution in [1.29, 1.82) is 0 Å². The molecule has 0 amide bonds. The highest BCUT2D eigenvalue weighted by molar-refractivity contribution is 7.80. The van der Waals surface area contributed by atoms with E-state index in [0.717, 1.165) is 48.5 Å². The van der Waals surface area contributed by atoms with Crippen LogP contribution in [0.15, 0.2) is 48.7 Å². The largest absolute Gasteiger partial charge is 0.494 e. The van der Waals surface area contributed by atoms with Gasteiger partial charge in [-0.1, -0.05) is 6.07 Å². The quantitative estimate of drug-likeness (QED) is 0.862. The third-order valence-electron chi connectivity index (χ3n) is 3.96. The van der Waals surface area contributed by atoms with E-state index in [9.17, 15) is 0 Å². The number of piperazine rings is 1. The van der Waals surface area contributed by atoms with E-state index in [1.165, 1.54) is 0 Å². The normalized spacial score (nSPS) is 14.4. The number of nitrogens with zero attached hydrogens (tertiary/aromatic N) is 3. The van der Waals surface area contributed by atoms with Gasteiger partial charge in [0.1, 0.15) is 11.6 Å². The van der Waals surface area contributed by atoms with Gasteiger partial charge in [-0.05, 0) is 55.5 Å². The lowest BCUT2D eigenvalue weighted by molar-refractivity contribution is 0.340. The molecule has 0 radical (unpaired) electrons. The molecule has 2 aromatic rings. The molecule has 126 valence electrons. The van der Waals surface area contributed by atoms with Crippen LogP contribution < -0.4 is 15.0 Å². The number of aromatic nitrogens is 1. The van der Waals surface area contributed by atoms with Crippen molar-refractivity contribution in [2.24, 2.45) is 0 Å². The van der Waals surface area contributed by atoms with Crippen molar-refractivity contribution in [3.8, 4) is 5.75 Å². The van der Waals surface area contributed by atoms with Crippen LogP contribution >= 0.6 is 12.2 Å². The molecule has 1 saturated heterocycles. The lowest BCUT2D eigenvalue weighted by Crippen LogP contribution is -2.50. The van der Waals surface area contributed by atoms with Gasteiger partial charge in [-0.3, -0.25) is 0 Å². The maximum Gasteiger partial charge on any atom is 0.173 e. The molecular formula is C18H22N4OS. The van der Waals surface area contributed by atoms with Gasteiger partial charge in [-0.2, -0.15) is 0 Å². The first-order valence-electron chi connectivity index (χ1n) is 8.21. The average molecular weight is 342 g/mol. The van der Waals surface area contributed by atoms with Crippen LogP contribution in [0.5, 0.6) is 5.75 Å². The molecule has 1 aromatic heterocycles. The second kappa shape index (κ2) is 7.97. The molecule has 6 heteroatoms. The standard InChI is InChI=1S/C18H22N4OS/c1-2-23-16-8-6-15(7-9-16)20-18(24)22-13-11-21(12-14-22)17-5-3-4-10-19-17/h3-10H,2,11-14H2,1H3,(H,20,24). The van der Waals surface area contributed by atoms with E-state index in [2.05, 4.69) is 20.1 Å². The molecule has 2 heterocycles. The molecule has 0 saturated carbocycles. The van der Waals surface area contributed by atoms with Gasteiger partial charge in [0.15, 0.2) is 5.11 Å². The van der Waals surface area contributed by atoms with E-state index in [1.807, 2.05) is 55.6 Å². The van der Waals surface area contributed by atoms with Crippen LogP contribution in [0.3, 0.4) is 0 Å². The molecule has 1 fully saturated rings. The molecular weight excluding hydrogens is 320 g/mol. The summed E-state index contributed by atoms with van der Waals surface area (Å²) in [7, 11) is 0. The van der Waals surface area contributed by atoms with Crippen molar-refractivity contribution in [2.45, 2.75) is 6.92 Å². The minimum absolute atomic E-state index is 0.672. The van der Waals surface area contributed by atoms with E-state index >= 15 is 0 Å². The summed E-state index contributed by atoms with van der Waals surface area (Å²) in [5.74, 6) is 1.90. The van der Waals surface area contributed by atoms with Crippen LogP contribution in [0, 0.1) is 0 Å². The number of pyridine rings is 1. The van der Waals surface area contributed by atoms with Gasteiger partial charge in [0, 0.05) is 38.1 Å². The summed E-state index contributed by atoms with van der Waals surface area (Å²) < 4.78 is 5.45. The van der Waals surface area contributed by atoms with Gasteiger partial charge in [-0.25, -0.2) is 4.98 Å². The molecule has 0 aliphatic carbocycles. The van der Waals surface area contributed by atoms with Crippen molar-refractivity contribution in [2.75, 3.05) is 43.0 Å². The first-order valence-corrected chi connectivity index (χ1v) is 8.62. The van der Waals surface area contributed by atoms with Crippen molar-refractivity contribution >= 4 is 28.8 Å². The number of hydrogen-bond donors (Lipinski definition) is 1. The Balaban J connectivity index is 1.51. The van der Waals surface area contributed by atoms with Gasteiger partial charge in [0.2, 0.25) is 0 Å². The number of nitrogens with one attached hydrogen (secondary N) is 1. The third-order valence-corrected chi connectivity index (χ3v) is 4.32. The summed E-state index contributed by atoms with van der Waals surface area (Å²) >= 11 is 5.54. The number of anilines is 2. The van der Waals surface area contributed by atoms with E-state index in [1.54, 1.807) is 0 Å². The van der Waals surface area contributed by atoms with Crippen LogP contribution in [0.4, 0.5) is 11.5 Å². The lowest BCUT2D eigenvalue weighted by atomic mass is 10.3. The fourth-order valence-electron chi connectivity index (χ4n) is 2.68. The smallest absolute Gasteiger partial charge is 0.173 e. The Bertz CT molecular complexity index is 654. The predicted octanol–water partition coefficient (Wildman–Crippen LogP) is 3.00. The molecule has 0 bridgehead atoms. The molecule has 1 aliphatic heterocycles. The number of rotatable bonds is 4. The summed E-state index contributed by atoms with van der Waals surface area (Å²) in [6.07, 6.45) is 1.83. The number of benzene rings is 1. The minimum Gasteiger partial charge on any atom is -0.494 e. The highest BCUT2D eigenvalue weighted by Crippen LogP contribution is 2.17. The maximum absolute atomic E-state index is 5.54. The van der Waals surface area contributed by atoms with E-state index in [0.29, 0.717) is 6.61 Å². The second-order valence-electron chi connectivity index (χ2n) is 5.55. The van der Waals surface area contributed by atoms with Crippen molar-refractivity contribution in [1.82, 2.24) is 9.88 Å². The molecule has 24 heavy (non-hydrogen) atoms. The van der Waals surface area contributed by atoms with Gasteiger partial charge in [0.25, 0.3) is 0 Å². The summed E-state index contributed by atoms with van der Waals surface area (Å²) in [5, 5.41) is 4.07. The molecule has 5 nitrogen and oxygen atoms in total. The minimum atomic E-state index is 0.672. The Hall–Kier alpha value is -2.34. The van der Waals surface area contributed by atoms with Crippen molar-refractivity contribution in [3.63, 3.8) is 0 Å². The SMILES string of the molecule is CCOc1ccc(NC(=S)N2CCN(c3ccccn3)CC2)cc1. The van der Waals surface area contributed by atoms with Crippen LogP contribution in [0.2, 0.25) is 0 Å². The first kappa shape index (κ1) is 16.5. The summed E-state index contributed by atoms with van der Waals surface area (Å²) in [5.41, 5.74) is 0.982. The zero-order valence-electron chi connectivity index (χ0n) is 13.8. The molecule has 3 rings (SSSR count). The Kier molecular flexibility index (Phi) is 5.48. The van der Waals surface area contributed by atoms with Gasteiger partial charge in [-0.15, -0.1) is 0 Å². The third kappa shape index (κ3) is 4.14. The van der Waals surface area contributed by atoms with Gasteiger partial charge in [0.05, 0.1) is 6.61 Å². The Morgan fingerprint density at radius 2 is 1.88 bits per heavy atom. The van der Waals surface area contributed by atoms with Crippen LogP contribution in [-0.4, -0.2) is 47.8 Å². The molecule has 0 atom stereocenters. The molecule has 1 N–H and O–H groups in total. The van der Waals surface area contributed by atoms with Gasteiger partial charge >= 0.3 is 0 Å². The first-order chi connectivity index (χ1) is 11.8. The van der Waals surface area contributed by atoms with Gasteiger partial charge < -0.3 is 19.9 Å². The van der Waals surface area contributed by atoms with Crippen LogP contribution in [0.1, 0.15) is 6.92 Å². The molecule has 1 aliphatic rings. The summed E-state index contributed by atoms with van der Waals surface area (Å²) in [6, 6.07) is 13.9. The molecule has 1 aromatic carbocycles. The Morgan fingerprint density at radius 1 is 1.12 bits per heavy atom. The monoisotopic (exact) mass is 342 g/mol. The highest BCUT2D eigenvalue weighted by atomic mass is 32.1. The molecule has 0 spiro atoms. The summed E-state index contributed by atoms with van der Waals surface area (Å²) in [6.45, 7) is 6.26. The second-order valence-corrected chi connectivity index (χ2v) is 5.94. The Morgan fingerprint density at radius 3 is 2.50 bits per heavy atom. The topological polar surface area (TPSA) is 40.6 Å². The zero-order valence-corrected chi connectivity index (χ0v) is 14.6.